The van der Waals surface area contributed by atoms with Gasteiger partial charge in [-0.25, -0.2) is 18.6 Å². The second-order valence-corrected chi connectivity index (χ2v) is 7.99. The van der Waals surface area contributed by atoms with E-state index in [1.807, 2.05) is 5.38 Å². The summed E-state index contributed by atoms with van der Waals surface area (Å²) >= 11 is 1.47. The predicted octanol–water partition coefficient (Wildman–Crippen LogP) is 3.49. The number of nitrogens with one attached hydrogen (secondary N) is 1. The van der Waals surface area contributed by atoms with Crippen molar-refractivity contribution in [3.05, 3.63) is 41.4 Å². The quantitative estimate of drug-likeness (QED) is 0.624. The zero-order chi connectivity index (χ0) is 19.9. The van der Waals surface area contributed by atoms with Gasteiger partial charge in [0.05, 0.1) is 6.54 Å². The minimum Gasteiger partial charge on any atom is -0.323 e. The second-order valence-electron chi connectivity index (χ2n) is 7.10. The predicted molar refractivity (Wildman–Crippen MR) is 98.3 cm³/mol. The van der Waals surface area contributed by atoms with E-state index in [4.69, 9.17) is 0 Å². The molecule has 1 spiro atoms. The number of rotatable bonds is 4. The number of urea groups is 1. The fraction of sp³-hybridized carbons (Fsp3) is 0.368. The van der Waals surface area contributed by atoms with Crippen molar-refractivity contribution in [2.24, 2.45) is 0 Å². The van der Waals surface area contributed by atoms with Crippen molar-refractivity contribution in [1.82, 2.24) is 15.2 Å². The first-order chi connectivity index (χ1) is 13.3. The summed E-state index contributed by atoms with van der Waals surface area (Å²) in [6, 6.07) is 6.04. The summed E-state index contributed by atoms with van der Waals surface area (Å²) in [5.41, 5.74) is -0.0889. The van der Waals surface area contributed by atoms with Gasteiger partial charge in [-0.3, -0.25) is 14.5 Å². The van der Waals surface area contributed by atoms with Crippen molar-refractivity contribution in [2.75, 3.05) is 6.54 Å². The number of halogens is 2. The molecule has 6 nitrogen and oxygen atoms in total. The Hall–Kier alpha value is -2.68. The molecular weight excluding hydrogens is 388 g/mol. The van der Waals surface area contributed by atoms with Gasteiger partial charge in [0.1, 0.15) is 10.5 Å². The Kier molecular flexibility index (Phi) is 4.49. The van der Waals surface area contributed by atoms with Gasteiger partial charge in [0.2, 0.25) is 5.92 Å². The molecule has 1 N–H and O–H groups in total. The third kappa shape index (κ3) is 3.30. The molecule has 1 aliphatic heterocycles. The molecule has 2 fully saturated rings. The number of alkyl halides is 2. The van der Waals surface area contributed by atoms with Gasteiger partial charge in [-0.1, -0.05) is 24.3 Å². The molecule has 1 aromatic heterocycles. The molecule has 28 heavy (non-hydrogen) atoms. The van der Waals surface area contributed by atoms with Crippen molar-refractivity contribution in [2.45, 2.75) is 37.1 Å². The molecule has 0 atom stereocenters. The molecule has 0 unspecified atom stereocenters. The summed E-state index contributed by atoms with van der Waals surface area (Å²) < 4.78 is 26.9. The SMILES string of the molecule is O=C(CN1C(=O)NC2(CCC(F)(F)CC2)C1=O)c1ccc(-c2nccs2)cc1. The lowest BCUT2D eigenvalue weighted by Crippen LogP contribution is -2.51. The van der Waals surface area contributed by atoms with Crippen LogP contribution in [-0.4, -0.2) is 45.6 Å². The van der Waals surface area contributed by atoms with E-state index in [0.29, 0.717) is 5.56 Å². The highest BCUT2D eigenvalue weighted by molar-refractivity contribution is 7.13. The van der Waals surface area contributed by atoms with Gasteiger partial charge < -0.3 is 5.32 Å². The second kappa shape index (κ2) is 6.73. The molecule has 9 heteroatoms. The molecule has 3 amide bonds. The van der Waals surface area contributed by atoms with Crippen LogP contribution in [0.5, 0.6) is 0 Å². The molecule has 2 heterocycles. The van der Waals surface area contributed by atoms with E-state index in [2.05, 4.69) is 10.3 Å². The van der Waals surface area contributed by atoms with Crippen molar-refractivity contribution >= 4 is 29.1 Å². The Morgan fingerprint density at radius 3 is 2.43 bits per heavy atom. The molecule has 1 aromatic carbocycles. The molecule has 146 valence electrons. The number of amides is 3. The lowest BCUT2D eigenvalue weighted by atomic mass is 9.80. The number of hydrogen-bond acceptors (Lipinski definition) is 5. The van der Waals surface area contributed by atoms with Crippen LogP contribution in [-0.2, 0) is 4.79 Å². The summed E-state index contributed by atoms with van der Waals surface area (Å²) in [7, 11) is 0. The lowest BCUT2D eigenvalue weighted by Gasteiger charge is -2.34. The zero-order valence-corrected chi connectivity index (χ0v) is 15.6. The standard InChI is InChI=1S/C19H17F2N3O3S/c20-19(21)7-5-18(6-8-19)16(26)24(17(27)23-18)11-14(25)12-1-3-13(4-2-12)15-22-9-10-28-15/h1-4,9-10H,5-8,11H2,(H,23,27). The van der Waals surface area contributed by atoms with Crippen LogP contribution < -0.4 is 5.32 Å². The monoisotopic (exact) mass is 405 g/mol. The van der Waals surface area contributed by atoms with Gasteiger partial charge in [-0.05, 0) is 12.8 Å². The summed E-state index contributed by atoms with van der Waals surface area (Å²) in [4.78, 5) is 42.5. The van der Waals surface area contributed by atoms with E-state index in [0.717, 1.165) is 15.5 Å². The maximum absolute atomic E-state index is 13.4. The summed E-state index contributed by atoms with van der Waals surface area (Å²) in [6.07, 6.45) is 0.515. The summed E-state index contributed by atoms with van der Waals surface area (Å²) in [6.45, 7) is -0.417. The normalized spacial score (nSPS) is 20.4. The highest BCUT2D eigenvalue weighted by Crippen LogP contribution is 2.41. The van der Waals surface area contributed by atoms with Crippen LogP contribution in [0.3, 0.4) is 0 Å². The Bertz CT molecular complexity index is 918. The van der Waals surface area contributed by atoms with Crippen molar-refractivity contribution < 1.29 is 23.2 Å². The number of carbonyl (C=O) groups is 3. The minimum absolute atomic E-state index is 0.127. The number of aromatic nitrogens is 1. The molecule has 1 saturated heterocycles. The maximum atomic E-state index is 13.4. The topological polar surface area (TPSA) is 79.4 Å². The van der Waals surface area contributed by atoms with Crippen LogP contribution in [0, 0.1) is 0 Å². The Morgan fingerprint density at radius 2 is 1.82 bits per heavy atom. The van der Waals surface area contributed by atoms with E-state index in [9.17, 15) is 23.2 Å². The van der Waals surface area contributed by atoms with Crippen molar-refractivity contribution in [3.63, 3.8) is 0 Å². The van der Waals surface area contributed by atoms with Crippen LogP contribution in [0.25, 0.3) is 10.6 Å². The molecule has 1 aliphatic carbocycles. The smallest absolute Gasteiger partial charge is 0.323 e. The summed E-state index contributed by atoms with van der Waals surface area (Å²) in [5, 5.41) is 5.21. The number of carbonyl (C=O) groups excluding carboxylic acids is 3. The van der Waals surface area contributed by atoms with Crippen LogP contribution in [0.1, 0.15) is 36.0 Å². The third-order valence-electron chi connectivity index (χ3n) is 5.27. The Labute approximate surface area is 163 Å². The number of benzene rings is 1. The first-order valence-corrected chi connectivity index (χ1v) is 9.73. The highest BCUT2D eigenvalue weighted by atomic mass is 32.1. The van der Waals surface area contributed by atoms with Gasteiger partial charge in [-0.2, -0.15) is 0 Å². The molecule has 2 aliphatic rings. The zero-order valence-electron chi connectivity index (χ0n) is 14.8. The molecular formula is C19H17F2N3O3S. The number of nitrogens with zero attached hydrogens (tertiary/aromatic N) is 2. The van der Waals surface area contributed by atoms with Gasteiger partial charge >= 0.3 is 6.03 Å². The van der Waals surface area contributed by atoms with Crippen molar-refractivity contribution in [1.29, 1.82) is 0 Å². The number of imide groups is 1. The number of ketones is 1. The van der Waals surface area contributed by atoms with Gasteiger partial charge in [0, 0.05) is 35.5 Å². The Balaban J connectivity index is 1.46. The van der Waals surface area contributed by atoms with Gasteiger partial charge in [-0.15, -0.1) is 11.3 Å². The first kappa shape index (κ1) is 18.7. The van der Waals surface area contributed by atoms with Crippen LogP contribution in [0.4, 0.5) is 13.6 Å². The van der Waals surface area contributed by atoms with Gasteiger partial charge in [0.15, 0.2) is 5.78 Å². The highest BCUT2D eigenvalue weighted by Gasteiger charge is 2.55. The molecule has 1 saturated carbocycles. The minimum atomic E-state index is -2.82. The van der Waals surface area contributed by atoms with E-state index in [1.54, 1.807) is 30.5 Å². The maximum Gasteiger partial charge on any atom is 0.325 e. The molecule has 4 rings (SSSR count). The number of hydrogen-bond donors (Lipinski definition) is 1. The fourth-order valence-electron chi connectivity index (χ4n) is 3.60. The summed E-state index contributed by atoms with van der Waals surface area (Å²) in [5.74, 6) is -3.81. The van der Waals surface area contributed by atoms with E-state index in [-0.39, 0.29) is 12.8 Å². The van der Waals surface area contributed by atoms with Gasteiger partial charge in [0.25, 0.3) is 5.91 Å². The van der Waals surface area contributed by atoms with Crippen molar-refractivity contribution in [3.8, 4) is 10.6 Å². The van der Waals surface area contributed by atoms with E-state index >= 15 is 0 Å². The third-order valence-corrected chi connectivity index (χ3v) is 6.09. The van der Waals surface area contributed by atoms with Crippen LogP contribution in [0.2, 0.25) is 0 Å². The first-order valence-electron chi connectivity index (χ1n) is 8.85. The molecule has 0 bridgehead atoms. The average Bonchev–Trinajstić information content (AvgIpc) is 3.28. The Morgan fingerprint density at radius 1 is 1.14 bits per heavy atom. The van der Waals surface area contributed by atoms with Crippen LogP contribution >= 0.6 is 11.3 Å². The number of thiazole rings is 1. The molecule has 0 radical (unpaired) electrons. The van der Waals surface area contributed by atoms with Crippen LogP contribution in [0.15, 0.2) is 35.8 Å². The van der Waals surface area contributed by atoms with E-state index in [1.165, 1.54) is 11.3 Å². The molecule has 2 aromatic rings. The number of Topliss-reactive ketones (excluding diaryl/α,β-unsaturated/α-hetero) is 1. The lowest BCUT2D eigenvalue weighted by molar-refractivity contribution is -0.135. The fourth-order valence-corrected chi connectivity index (χ4v) is 4.25. The average molecular weight is 405 g/mol. The van der Waals surface area contributed by atoms with E-state index < -0.39 is 48.6 Å². The largest absolute Gasteiger partial charge is 0.325 e.